The normalized spacial score (nSPS) is 18.4. The Balaban J connectivity index is 1.29. The molecule has 1 unspecified atom stereocenters. The first-order valence-electron chi connectivity index (χ1n) is 12.9. The summed E-state index contributed by atoms with van der Waals surface area (Å²) in [4.78, 5) is 45.1. The van der Waals surface area contributed by atoms with Crippen LogP contribution in [0.3, 0.4) is 0 Å². The van der Waals surface area contributed by atoms with Gasteiger partial charge in [-0.15, -0.1) is 0 Å². The number of carboxylic acid groups (broad SMARTS) is 1. The molecule has 3 heterocycles. The van der Waals surface area contributed by atoms with Crippen LogP contribution in [-0.4, -0.2) is 48.9 Å². The second-order valence-electron chi connectivity index (χ2n) is 10.0. The molecule has 198 valence electrons. The minimum absolute atomic E-state index is 0.0936. The monoisotopic (exact) mass is 543 g/mol. The Hall–Kier alpha value is -4.24. The van der Waals surface area contributed by atoms with Crippen LogP contribution < -0.4 is 5.32 Å². The first kappa shape index (κ1) is 25.1. The number of benzene rings is 2. The van der Waals surface area contributed by atoms with Crippen molar-refractivity contribution in [2.75, 3.05) is 6.54 Å². The van der Waals surface area contributed by atoms with Crippen LogP contribution in [0.15, 0.2) is 54.7 Å². The first-order valence-corrected chi connectivity index (χ1v) is 13.3. The average molecular weight is 544 g/mol. The Bertz CT molecular complexity index is 1630. The molecule has 2 amide bonds. The van der Waals surface area contributed by atoms with Gasteiger partial charge in [0.1, 0.15) is 11.4 Å². The Morgan fingerprint density at radius 1 is 1.08 bits per heavy atom. The summed E-state index contributed by atoms with van der Waals surface area (Å²) in [6.07, 6.45) is 4.57. The van der Waals surface area contributed by atoms with Crippen LogP contribution in [0.25, 0.3) is 5.65 Å². The molecule has 0 radical (unpaired) electrons. The predicted octanol–water partition coefficient (Wildman–Crippen LogP) is 4.78. The molecule has 10 heteroatoms. The summed E-state index contributed by atoms with van der Waals surface area (Å²) in [7, 11) is 0. The lowest BCUT2D eigenvalue weighted by molar-refractivity contribution is 0.0693. The van der Waals surface area contributed by atoms with Crippen molar-refractivity contribution in [1.82, 2.24) is 24.8 Å². The molecule has 4 aromatic rings. The number of rotatable bonds is 5. The number of carboxylic acids is 1. The summed E-state index contributed by atoms with van der Waals surface area (Å²) in [5.41, 5.74) is 4.68. The van der Waals surface area contributed by atoms with E-state index >= 15 is 0 Å². The van der Waals surface area contributed by atoms with Crippen LogP contribution in [-0.2, 0) is 6.42 Å². The van der Waals surface area contributed by atoms with E-state index in [1.807, 2.05) is 24.3 Å². The molecule has 1 aliphatic carbocycles. The third-order valence-electron chi connectivity index (χ3n) is 7.81. The second-order valence-corrected chi connectivity index (χ2v) is 10.4. The smallest absolute Gasteiger partial charge is 0.335 e. The molecule has 2 aliphatic rings. The molecule has 1 fully saturated rings. The molecular weight excluding hydrogens is 518 g/mol. The second kappa shape index (κ2) is 9.81. The van der Waals surface area contributed by atoms with E-state index in [1.54, 1.807) is 36.2 Å². The molecule has 0 bridgehead atoms. The van der Waals surface area contributed by atoms with Crippen molar-refractivity contribution in [2.45, 2.75) is 44.7 Å². The molecule has 9 nitrogen and oxygen atoms in total. The Morgan fingerprint density at radius 2 is 1.87 bits per heavy atom. The zero-order valence-electron chi connectivity index (χ0n) is 21.2. The van der Waals surface area contributed by atoms with E-state index in [0.29, 0.717) is 30.1 Å². The van der Waals surface area contributed by atoms with Crippen LogP contribution in [0, 0.1) is 6.92 Å². The fourth-order valence-electron chi connectivity index (χ4n) is 5.87. The summed E-state index contributed by atoms with van der Waals surface area (Å²) < 4.78 is 1.43. The van der Waals surface area contributed by atoms with Gasteiger partial charge in [0.15, 0.2) is 5.65 Å². The van der Waals surface area contributed by atoms with Gasteiger partial charge in [-0.05, 0) is 73.1 Å². The number of hydrogen-bond acceptors (Lipinski definition) is 5. The zero-order valence-corrected chi connectivity index (χ0v) is 22.0. The number of carbonyl (C=O) groups excluding carboxylic acids is 2. The Labute approximate surface area is 229 Å². The third-order valence-corrected chi connectivity index (χ3v) is 8.06. The molecule has 2 N–H and O–H groups in total. The number of aromatic nitrogens is 3. The summed E-state index contributed by atoms with van der Waals surface area (Å²) >= 11 is 6.06. The largest absolute Gasteiger partial charge is 0.478 e. The Morgan fingerprint density at radius 3 is 2.64 bits per heavy atom. The summed E-state index contributed by atoms with van der Waals surface area (Å²) in [5, 5.41) is 17.4. The first-order chi connectivity index (χ1) is 18.8. The van der Waals surface area contributed by atoms with E-state index in [4.69, 9.17) is 11.6 Å². The van der Waals surface area contributed by atoms with Crippen LogP contribution >= 0.6 is 11.6 Å². The fraction of sp³-hybridized carbons (Fsp3) is 0.276. The molecule has 1 saturated heterocycles. The molecule has 0 saturated carbocycles. The van der Waals surface area contributed by atoms with Crippen molar-refractivity contribution in [2.24, 2.45) is 0 Å². The zero-order chi connectivity index (χ0) is 27.3. The van der Waals surface area contributed by atoms with Gasteiger partial charge in [0.25, 0.3) is 11.8 Å². The van der Waals surface area contributed by atoms with Gasteiger partial charge >= 0.3 is 5.97 Å². The van der Waals surface area contributed by atoms with E-state index in [2.05, 4.69) is 15.4 Å². The van der Waals surface area contributed by atoms with Gasteiger partial charge in [0.05, 0.1) is 23.8 Å². The predicted molar refractivity (Wildman–Crippen MR) is 144 cm³/mol. The molecule has 39 heavy (non-hydrogen) atoms. The molecule has 2 aromatic heterocycles. The maximum Gasteiger partial charge on any atom is 0.335 e. The van der Waals surface area contributed by atoms with E-state index < -0.39 is 5.97 Å². The average Bonchev–Trinajstić information content (AvgIpc) is 3.68. The molecule has 6 rings (SSSR count). The van der Waals surface area contributed by atoms with Crippen molar-refractivity contribution in [1.29, 1.82) is 0 Å². The van der Waals surface area contributed by atoms with E-state index in [-0.39, 0.29) is 40.8 Å². The SMILES string of the molecule is Cc1c(C(=O)O)ccc2c1CC[C@@H]2NC(=O)c1cc(C(=O)N2CCCC2c2ccc(Cl)cc2)nc2ccnn12. The van der Waals surface area contributed by atoms with Crippen molar-refractivity contribution in [3.8, 4) is 0 Å². The number of fused-ring (bicyclic) bond motifs is 2. The number of hydrogen-bond donors (Lipinski definition) is 2. The van der Waals surface area contributed by atoms with Gasteiger partial charge in [-0.3, -0.25) is 9.59 Å². The maximum absolute atomic E-state index is 13.7. The van der Waals surface area contributed by atoms with Crippen molar-refractivity contribution < 1.29 is 19.5 Å². The van der Waals surface area contributed by atoms with E-state index in [1.165, 1.54) is 10.6 Å². The van der Waals surface area contributed by atoms with Gasteiger partial charge in [-0.25, -0.2) is 14.3 Å². The third kappa shape index (κ3) is 4.42. The molecule has 0 spiro atoms. The van der Waals surface area contributed by atoms with Crippen molar-refractivity contribution in [3.05, 3.63) is 99.0 Å². The van der Waals surface area contributed by atoms with Crippen LogP contribution in [0.5, 0.6) is 0 Å². The highest BCUT2D eigenvalue weighted by Crippen LogP contribution is 2.36. The van der Waals surface area contributed by atoms with Gasteiger partial charge in [0, 0.05) is 23.7 Å². The van der Waals surface area contributed by atoms with Crippen molar-refractivity contribution >= 4 is 35.0 Å². The lowest BCUT2D eigenvalue weighted by Gasteiger charge is -2.25. The van der Waals surface area contributed by atoms with Crippen LogP contribution in [0.2, 0.25) is 5.02 Å². The molecule has 1 aliphatic heterocycles. The maximum atomic E-state index is 13.7. The van der Waals surface area contributed by atoms with Gasteiger partial charge in [0.2, 0.25) is 0 Å². The lowest BCUT2D eigenvalue weighted by atomic mass is 9.98. The lowest BCUT2D eigenvalue weighted by Crippen LogP contribution is -2.33. The Kier molecular flexibility index (Phi) is 6.31. The topological polar surface area (TPSA) is 117 Å². The molecular formula is C29H26ClN5O4. The molecule has 2 aromatic carbocycles. The minimum Gasteiger partial charge on any atom is -0.478 e. The number of likely N-dealkylation sites (tertiary alicyclic amines) is 1. The summed E-state index contributed by atoms with van der Waals surface area (Å²) in [5.74, 6) is -1.59. The minimum atomic E-state index is -0.964. The highest BCUT2D eigenvalue weighted by Gasteiger charge is 2.33. The number of carbonyl (C=O) groups is 3. The van der Waals surface area contributed by atoms with Crippen molar-refractivity contribution in [3.63, 3.8) is 0 Å². The van der Waals surface area contributed by atoms with Gasteiger partial charge in [-0.1, -0.05) is 29.8 Å². The van der Waals surface area contributed by atoms with Crippen LogP contribution in [0.4, 0.5) is 0 Å². The van der Waals surface area contributed by atoms with Gasteiger partial charge < -0.3 is 15.3 Å². The fourth-order valence-corrected chi connectivity index (χ4v) is 5.99. The standard InChI is InChI=1S/C29H26ClN5O4/c1-16-19-10-11-22(21(19)9-8-20(16)29(38)39)33-27(36)25-15-23(32-26-12-13-31-35(25)26)28(37)34-14-2-3-24(34)17-4-6-18(30)7-5-17/h4-9,12-13,15,22,24H,2-3,10-11,14H2,1H3,(H,33,36)(H,38,39)/t22-,24?/m0/s1. The molecule has 2 atom stereocenters. The quantitative estimate of drug-likeness (QED) is 0.374. The van der Waals surface area contributed by atoms with Crippen LogP contribution in [0.1, 0.15) is 84.9 Å². The summed E-state index contributed by atoms with van der Waals surface area (Å²) in [6, 6.07) is 13.7. The number of halogens is 1. The summed E-state index contributed by atoms with van der Waals surface area (Å²) in [6.45, 7) is 2.40. The highest BCUT2D eigenvalue weighted by molar-refractivity contribution is 6.30. The highest BCUT2D eigenvalue weighted by atomic mass is 35.5. The number of amides is 2. The number of nitrogens with one attached hydrogen (secondary N) is 1. The number of nitrogens with zero attached hydrogens (tertiary/aromatic N) is 4. The van der Waals surface area contributed by atoms with Gasteiger partial charge in [-0.2, -0.15) is 5.10 Å². The van der Waals surface area contributed by atoms with E-state index in [9.17, 15) is 19.5 Å². The number of aromatic carboxylic acids is 1. The van der Waals surface area contributed by atoms with E-state index in [0.717, 1.165) is 35.1 Å².